The number of nitrogens with one attached hydrogen (secondary N) is 1. The third kappa shape index (κ3) is 3.09. The Kier molecular flexibility index (Phi) is 4.99. The van der Waals surface area contributed by atoms with E-state index in [0.717, 1.165) is 36.8 Å². The van der Waals surface area contributed by atoms with Gasteiger partial charge in [0.15, 0.2) is 5.82 Å². The van der Waals surface area contributed by atoms with Gasteiger partial charge in [-0.2, -0.15) is 0 Å². The van der Waals surface area contributed by atoms with Crippen molar-refractivity contribution >= 4 is 5.57 Å². The number of aliphatic hydroxyl groups excluding tert-OH is 2. The quantitative estimate of drug-likeness (QED) is 0.701. The summed E-state index contributed by atoms with van der Waals surface area (Å²) in [4.78, 5) is 0. The minimum Gasteiger partial charge on any atom is -0.508 e. The van der Waals surface area contributed by atoms with Crippen molar-refractivity contribution in [1.82, 2.24) is 20.6 Å². The molecule has 1 aromatic carbocycles. The molecular formula is C19H24N4O2. The van der Waals surface area contributed by atoms with E-state index in [1.807, 2.05) is 37.3 Å². The highest BCUT2D eigenvalue weighted by Crippen LogP contribution is 2.45. The normalized spacial score (nSPS) is 23.6. The molecule has 0 saturated carbocycles. The number of aromatic amines is 1. The van der Waals surface area contributed by atoms with Gasteiger partial charge in [0.05, 0.1) is 11.5 Å². The first-order valence-electron chi connectivity index (χ1n) is 8.71. The van der Waals surface area contributed by atoms with Gasteiger partial charge in [0.25, 0.3) is 0 Å². The molecule has 3 N–H and O–H groups in total. The second-order valence-corrected chi connectivity index (χ2v) is 6.65. The standard InChI is InChI=1S/C19H24N4O2/c1-3-4-6-11-14-12-15(24)16(13-9-7-5-8-10-13)17(25)19(14,2)18-20-22-23-21-18/h5,7-10,12,17,24-25H,3-4,6,11H2,1-2H3,(H,20,21,22,23). The maximum atomic E-state index is 11.2. The van der Waals surface area contributed by atoms with Crippen LogP contribution in [0.25, 0.3) is 5.57 Å². The topological polar surface area (TPSA) is 94.9 Å². The number of nitrogens with zero attached hydrogens (tertiary/aromatic N) is 3. The Morgan fingerprint density at radius 3 is 2.60 bits per heavy atom. The number of H-pyrrole nitrogens is 1. The molecule has 3 rings (SSSR count). The largest absolute Gasteiger partial charge is 0.508 e. The summed E-state index contributed by atoms with van der Waals surface area (Å²) < 4.78 is 0. The van der Waals surface area contributed by atoms with Gasteiger partial charge < -0.3 is 10.2 Å². The molecule has 2 atom stereocenters. The molecule has 1 aliphatic carbocycles. The van der Waals surface area contributed by atoms with E-state index in [4.69, 9.17) is 0 Å². The zero-order chi connectivity index (χ0) is 17.9. The minimum absolute atomic E-state index is 0.107. The molecule has 1 aromatic heterocycles. The van der Waals surface area contributed by atoms with Gasteiger partial charge in [0.2, 0.25) is 0 Å². The van der Waals surface area contributed by atoms with Crippen molar-refractivity contribution in [2.24, 2.45) is 0 Å². The van der Waals surface area contributed by atoms with Gasteiger partial charge in [0.1, 0.15) is 5.76 Å². The summed E-state index contributed by atoms with van der Waals surface area (Å²) in [7, 11) is 0. The summed E-state index contributed by atoms with van der Waals surface area (Å²) in [5, 5.41) is 36.1. The number of hydrogen-bond donors (Lipinski definition) is 3. The van der Waals surface area contributed by atoms with Gasteiger partial charge in [-0.3, -0.25) is 0 Å². The van der Waals surface area contributed by atoms with Crippen molar-refractivity contribution in [3.05, 3.63) is 59.1 Å². The first-order chi connectivity index (χ1) is 12.1. The molecule has 6 heteroatoms. The van der Waals surface area contributed by atoms with E-state index in [-0.39, 0.29) is 5.76 Å². The fourth-order valence-corrected chi connectivity index (χ4v) is 3.48. The number of benzene rings is 1. The average Bonchev–Trinajstić information content (AvgIpc) is 3.15. The zero-order valence-electron chi connectivity index (χ0n) is 14.6. The van der Waals surface area contributed by atoms with Crippen molar-refractivity contribution in [3.63, 3.8) is 0 Å². The van der Waals surface area contributed by atoms with Crippen LogP contribution in [-0.2, 0) is 5.41 Å². The summed E-state index contributed by atoms with van der Waals surface area (Å²) in [6.45, 7) is 4.07. The third-order valence-corrected chi connectivity index (χ3v) is 5.05. The van der Waals surface area contributed by atoms with Gasteiger partial charge in [-0.15, -0.1) is 5.10 Å². The van der Waals surface area contributed by atoms with Crippen LogP contribution in [0, 0.1) is 0 Å². The molecule has 2 aromatic rings. The molecule has 0 radical (unpaired) electrons. The smallest absolute Gasteiger partial charge is 0.161 e. The Morgan fingerprint density at radius 2 is 1.96 bits per heavy atom. The monoisotopic (exact) mass is 340 g/mol. The molecule has 0 aliphatic heterocycles. The molecule has 1 aliphatic rings. The maximum absolute atomic E-state index is 11.2. The Balaban J connectivity index is 2.09. The summed E-state index contributed by atoms with van der Waals surface area (Å²) >= 11 is 0. The van der Waals surface area contributed by atoms with Crippen LogP contribution in [0.15, 0.2) is 47.7 Å². The lowest BCUT2D eigenvalue weighted by Gasteiger charge is -2.39. The zero-order valence-corrected chi connectivity index (χ0v) is 14.6. The van der Waals surface area contributed by atoms with Crippen molar-refractivity contribution in [3.8, 4) is 0 Å². The fraction of sp³-hybridized carbons (Fsp3) is 0.421. The van der Waals surface area contributed by atoms with E-state index in [1.165, 1.54) is 0 Å². The Morgan fingerprint density at radius 1 is 1.20 bits per heavy atom. The molecular weight excluding hydrogens is 316 g/mol. The van der Waals surface area contributed by atoms with E-state index in [0.29, 0.717) is 11.4 Å². The van der Waals surface area contributed by atoms with E-state index < -0.39 is 11.5 Å². The molecule has 25 heavy (non-hydrogen) atoms. The Bertz CT molecular complexity index is 768. The van der Waals surface area contributed by atoms with Crippen molar-refractivity contribution < 1.29 is 10.2 Å². The van der Waals surface area contributed by atoms with Gasteiger partial charge in [-0.25, -0.2) is 5.10 Å². The van der Waals surface area contributed by atoms with Crippen molar-refractivity contribution in [2.45, 2.75) is 51.0 Å². The van der Waals surface area contributed by atoms with Crippen LogP contribution in [0.3, 0.4) is 0 Å². The van der Waals surface area contributed by atoms with E-state index in [1.54, 1.807) is 6.08 Å². The minimum atomic E-state index is -0.953. The number of allylic oxidation sites excluding steroid dienone is 1. The molecule has 1 heterocycles. The van der Waals surface area contributed by atoms with E-state index >= 15 is 0 Å². The summed E-state index contributed by atoms with van der Waals surface area (Å²) in [6.07, 6.45) is 4.77. The predicted molar refractivity (Wildman–Crippen MR) is 95.8 cm³/mol. The lowest BCUT2D eigenvalue weighted by molar-refractivity contribution is 0.148. The van der Waals surface area contributed by atoms with Gasteiger partial charge in [-0.05, 0) is 41.8 Å². The van der Waals surface area contributed by atoms with Gasteiger partial charge in [0, 0.05) is 5.57 Å². The molecule has 0 amide bonds. The number of aromatic nitrogens is 4. The summed E-state index contributed by atoms with van der Waals surface area (Å²) in [5.41, 5.74) is 1.41. The first-order valence-corrected chi connectivity index (χ1v) is 8.71. The number of aliphatic hydroxyl groups is 2. The first kappa shape index (κ1) is 17.4. The average molecular weight is 340 g/mol. The second kappa shape index (κ2) is 7.19. The second-order valence-electron chi connectivity index (χ2n) is 6.65. The van der Waals surface area contributed by atoms with Crippen LogP contribution in [0.4, 0.5) is 0 Å². The number of rotatable bonds is 6. The van der Waals surface area contributed by atoms with Crippen LogP contribution in [0.2, 0.25) is 0 Å². The summed E-state index contributed by atoms with van der Waals surface area (Å²) in [6, 6.07) is 9.43. The van der Waals surface area contributed by atoms with E-state index in [9.17, 15) is 10.2 Å². The van der Waals surface area contributed by atoms with Gasteiger partial charge in [-0.1, -0.05) is 55.7 Å². The number of unbranched alkanes of at least 4 members (excludes halogenated alkanes) is 2. The fourth-order valence-electron chi connectivity index (χ4n) is 3.48. The van der Waals surface area contributed by atoms with Crippen LogP contribution < -0.4 is 0 Å². The molecule has 132 valence electrons. The lowest BCUT2D eigenvalue weighted by atomic mass is 9.67. The Labute approximate surface area is 147 Å². The number of hydrogen-bond acceptors (Lipinski definition) is 5. The highest BCUT2D eigenvalue weighted by Gasteiger charge is 2.46. The third-order valence-electron chi connectivity index (χ3n) is 5.05. The van der Waals surface area contributed by atoms with Crippen LogP contribution in [0.5, 0.6) is 0 Å². The molecule has 6 nitrogen and oxygen atoms in total. The Hall–Kier alpha value is -2.47. The predicted octanol–water partition coefficient (Wildman–Crippen LogP) is 3.31. The SMILES string of the molecule is CCCCCC1=CC(O)=C(c2ccccc2)C(O)C1(C)c1nnn[nH]1. The molecule has 0 bridgehead atoms. The van der Waals surface area contributed by atoms with E-state index in [2.05, 4.69) is 27.5 Å². The molecule has 0 spiro atoms. The highest BCUT2D eigenvalue weighted by atomic mass is 16.3. The molecule has 2 unspecified atom stereocenters. The van der Waals surface area contributed by atoms with Crippen LogP contribution >= 0.6 is 0 Å². The van der Waals surface area contributed by atoms with Crippen LogP contribution in [0.1, 0.15) is 50.9 Å². The lowest BCUT2D eigenvalue weighted by Crippen LogP contribution is -2.43. The van der Waals surface area contributed by atoms with Crippen molar-refractivity contribution in [2.75, 3.05) is 0 Å². The number of tetrazole rings is 1. The molecule has 0 saturated heterocycles. The van der Waals surface area contributed by atoms with Crippen molar-refractivity contribution in [1.29, 1.82) is 0 Å². The molecule has 0 fully saturated rings. The van der Waals surface area contributed by atoms with Gasteiger partial charge >= 0.3 is 0 Å². The van der Waals surface area contributed by atoms with Crippen LogP contribution in [-0.4, -0.2) is 36.9 Å². The summed E-state index contributed by atoms with van der Waals surface area (Å²) in [5.74, 6) is 0.610. The highest BCUT2D eigenvalue weighted by molar-refractivity contribution is 5.76. The maximum Gasteiger partial charge on any atom is 0.161 e.